The van der Waals surface area contributed by atoms with Gasteiger partial charge >= 0.3 is 0 Å². The second-order valence-electron chi connectivity index (χ2n) is 3.69. The SMILES string of the molecule is CCc1nnc(Sc2ncccc2N)nc1CC. The molecule has 0 amide bonds. The van der Waals surface area contributed by atoms with Gasteiger partial charge in [-0.15, -0.1) is 5.10 Å². The minimum atomic E-state index is 0.592. The Bertz CT molecular complexity index is 544. The Hall–Kier alpha value is -1.69. The van der Waals surface area contributed by atoms with Crippen LogP contribution in [0.5, 0.6) is 0 Å². The number of hydrogen-bond acceptors (Lipinski definition) is 6. The average Bonchev–Trinajstić information content (AvgIpc) is 2.41. The van der Waals surface area contributed by atoms with Gasteiger partial charge in [-0.2, -0.15) is 5.10 Å². The molecule has 5 nitrogen and oxygen atoms in total. The molecule has 0 atom stereocenters. The number of aryl methyl sites for hydroxylation is 2. The molecule has 0 aromatic carbocycles. The molecule has 2 N–H and O–H groups in total. The molecule has 2 aromatic rings. The molecule has 0 aliphatic carbocycles. The Morgan fingerprint density at radius 1 is 1.17 bits per heavy atom. The van der Waals surface area contributed by atoms with Crippen LogP contribution >= 0.6 is 11.8 Å². The lowest BCUT2D eigenvalue weighted by atomic mass is 10.2. The third-order valence-corrected chi connectivity index (χ3v) is 3.37. The standard InChI is InChI=1S/C12H15N5S/c1-3-9-10(4-2)16-17-12(15-9)18-11-8(13)6-5-7-14-11/h5-7H,3-4,13H2,1-2H3. The van der Waals surface area contributed by atoms with Gasteiger partial charge in [0, 0.05) is 6.20 Å². The Morgan fingerprint density at radius 2 is 1.94 bits per heavy atom. The minimum absolute atomic E-state index is 0.592. The topological polar surface area (TPSA) is 77.6 Å². The van der Waals surface area contributed by atoms with Gasteiger partial charge < -0.3 is 5.73 Å². The zero-order valence-electron chi connectivity index (χ0n) is 10.4. The summed E-state index contributed by atoms with van der Waals surface area (Å²) >= 11 is 1.34. The van der Waals surface area contributed by atoms with Crippen LogP contribution < -0.4 is 5.73 Å². The number of pyridine rings is 1. The van der Waals surface area contributed by atoms with Crippen LogP contribution in [0.3, 0.4) is 0 Å². The van der Waals surface area contributed by atoms with Gasteiger partial charge in [0.1, 0.15) is 5.03 Å². The minimum Gasteiger partial charge on any atom is -0.397 e. The number of rotatable bonds is 4. The Morgan fingerprint density at radius 3 is 2.61 bits per heavy atom. The monoisotopic (exact) mass is 261 g/mol. The van der Waals surface area contributed by atoms with Gasteiger partial charge in [-0.25, -0.2) is 9.97 Å². The predicted octanol–water partition coefficient (Wildman–Crippen LogP) is 2.12. The second kappa shape index (κ2) is 5.77. The Balaban J connectivity index is 2.27. The first-order valence-electron chi connectivity index (χ1n) is 5.85. The smallest absolute Gasteiger partial charge is 0.215 e. The van der Waals surface area contributed by atoms with Crippen LogP contribution in [0.1, 0.15) is 25.2 Å². The highest BCUT2D eigenvalue weighted by Crippen LogP contribution is 2.27. The highest BCUT2D eigenvalue weighted by atomic mass is 32.2. The average molecular weight is 261 g/mol. The van der Waals surface area contributed by atoms with Crippen LogP contribution in [0.25, 0.3) is 0 Å². The molecule has 0 bridgehead atoms. The van der Waals surface area contributed by atoms with Crippen molar-refractivity contribution in [1.82, 2.24) is 20.2 Å². The van der Waals surface area contributed by atoms with E-state index in [9.17, 15) is 0 Å². The molecule has 0 unspecified atom stereocenters. The first-order chi connectivity index (χ1) is 8.74. The van der Waals surface area contributed by atoms with Crippen molar-refractivity contribution < 1.29 is 0 Å². The molecule has 0 aliphatic heterocycles. The number of hydrogen-bond donors (Lipinski definition) is 1. The normalized spacial score (nSPS) is 10.6. The molecular formula is C12H15N5S. The lowest BCUT2D eigenvalue weighted by molar-refractivity contribution is 0.744. The highest BCUT2D eigenvalue weighted by molar-refractivity contribution is 7.99. The third kappa shape index (κ3) is 2.76. The lowest BCUT2D eigenvalue weighted by Crippen LogP contribution is -2.04. The summed E-state index contributed by atoms with van der Waals surface area (Å²) in [6.07, 6.45) is 3.40. The van der Waals surface area contributed by atoms with Crippen molar-refractivity contribution in [2.24, 2.45) is 0 Å². The first kappa shape index (κ1) is 12.8. The molecule has 0 radical (unpaired) electrons. The number of nitrogens with two attached hydrogens (primary N) is 1. The Kier molecular flexibility index (Phi) is 4.09. The predicted molar refractivity (Wildman–Crippen MR) is 71.4 cm³/mol. The van der Waals surface area contributed by atoms with E-state index in [1.165, 1.54) is 11.8 Å². The summed E-state index contributed by atoms with van der Waals surface area (Å²) in [7, 11) is 0. The van der Waals surface area contributed by atoms with E-state index in [4.69, 9.17) is 5.73 Å². The van der Waals surface area contributed by atoms with Gasteiger partial charge in [0.05, 0.1) is 17.1 Å². The molecule has 2 heterocycles. The molecular weight excluding hydrogens is 246 g/mol. The van der Waals surface area contributed by atoms with Gasteiger partial charge in [-0.1, -0.05) is 13.8 Å². The summed E-state index contributed by atoms with van der Waals surface area (Å²) in [5.74, 6) is 0. The van der Waals surface area contributed by atoms with Crippen LogP contribution in [-0.2, 0) is 12.8 Å². The summed E-state index contributed by atoms with van der Waals surface area (Å²) in [6, 6.07) is 3.61. The van der Waals surface area contributed by atoms with Crippen molar-refractivity contribution in [3.05, 3.63) is 29.7 Å². The molecule has 2 rings (SSSR count). The molecule has 0 fully saturated rings. The van der Waals surface area contributed by atoms with E-state index < -0.39 is 0 Å². The fourth-order valence-electron chi connectivity index (χ4n) is 1.54. The van der Waals surface area contributed by atoms with Crippen molar-refractivity contribution in [3.8, 4) is 0 Å². The van der Waals surface area contributed by atoms with Gasteiger partial charge in [0.15, 0.2) is 0 Å². The maximum Gasteiger partial charge on any atom is 0.215 e. The van der Waals surface area contributed by atoms with Crippen LogP contribution in [0.4, 0.5) is 5.69 Å². The van der Waals surface area contributed by atoms with Crippen molar-refractivity contribution >= 4 is 17.4 Å². The molecule has 18 heavy (non-hydrogen) atoms. The first-order valence-corrected chi connectivity index (χ1v) is 6.67. The fourth-order valence-corrected chi connectivity index (χ4v) is 2.25. The fraction of sp³-hybridized carbons (Fsp3) is 0.333. The van der Waals surface area contributed by atoms with E-state index >= 15 is 0 Å². The largest absolute Gasteiger partial charge is 0.397 e. The Labute approximate surface area is 110 Å². The van der Waals surface area contributed by atoms with Crippen molar-refractivity contribution in [3.63, 3.8) is 0 Å². The summed E-state index contributed by atoms with van der Waals surface area (Å²) in [6.45, 7) is 4.11. The van der Waals surface area contributed by atoms with E-state index in [0.717, 1.165) is 24.2 Å². The van der Waals surface area contributed by atoms with E-state index in [1.54, 1.807) is 12.3 Å². The number of aromatic nitrogens is 4. The van der Waals surface area contributed by atoms with E-state index in [-0.39, 0.29) is 0 Å². The second-order valence-corrected chi connectivity index (χ2v) is 4.65. The van der Waals surface area contributed by atoms with Crippen molar-refractivity contribution in [2.75, 3.05) is 5.73 Å². The van der Waals surface area contributed by atoms with Crippen molar-refractivity contribution in [2.45, 2.75) is 36.9 Å². The highest BCUT2D eigenvalue weighted by Gasteiger charge is 2.09. The molecule has 94 valence electrons. The molecule has 6 heteroatoms. The maximum atomic E-state index is 5.84. The summed E-state index contributed by atoms with van der Waals surface area (Å²) in [5, 5.41) is 9.60. The summed E-state index contributed by atoms with van der Waals surface area (Å²) in [5.41, 5.74) is 8.41. The van der Waals surface area contributed by atoms with Crippen LogP contribution in [0, 0.1) is 0 Å². The van der Waals surface area contributed by atoms with Gasteiger partial charge in [0.2, 0.25) is 5.16 Å². The zero-order chi connectivity index (χ0) is 13.0. The van der Waals surface area contributed by atoms with Crippen molar-refractivity contribution in [1.29, 1.82) is 0 Å². The molecule has 0 aliphatic rings. The molecule has 2 aromatic heterocycles. The molecule has 0 saturated heterocycles. The van der Waals surface area contributed by atoms with Crippen LogP contribution in [0.15, 0.2) is 28.5 Å². The zero-order valence-corrected chi connectivity index (χ0v) is 11.2. The molecule has 0 saturated carbocycles. The van der Waals surface area contributed by atoms with Crippen LogP contribution in [-0.4, -0.2) is 20.2 Å². The van der Waals surface area contributed by atoms with E-state index in [0.29, 0.717) is 15.9 Å². The lowest BCUT2D eigenvalue weighted by Gasteiger charge is -2.05. The quantitative estimate of drug-likeness (QED) is 0.908. The van der Waals surface area contributed by atoms with E-state index in [1.807, 2.05) is 6.07 Å². The van der Waals surface area contributed by atoms with Crippen LogP contribution in [0.2, 0.25) is 0 Å². The summed E-state index contributed by atoms with van der Waals surface area (Å²) in [4.78, 5) is 8.69. The third-order valence-electron chi connectivity index (χ3n) is 2.48. The van der Waals surface area contributed by atoms with Gasteiger partial charge in [-0.3, -0.25) is 0 Å². The molecule has 0 spiro atoms. The number of nitrogens with zero attached hydrogens (tertiary/aromatic N) is 4. The van der Waals surface area contributed by atoms with Gasteiger partial charge in [0.25, 0.3) is 0 Å². The number of nitrogen functional groups attached to an aromatic ring is 1. The maximum absolute atomic E-state index is 5.84. The van der Waals surface area contributed by atoms with Gasteiger partial charge in [-0.05, 0) is 36.7 Å². The summed E-state index contributed by atoms with van der Waals surface area (Å²) < 4.78 is 0. The number of anilines is 1. The van der Waals surface area contributed by atoms with E-state index in [2.05, 4.69) is 34.0 Å².